The molecule has 0 spiro atoms. The molecule has 4 nitrogen and oxygen atoms in total. The first kappa shape index (κ1) is 15.2. The van der Waals surface area contributed by atoms with E-state index in [0.29, 0.717) is 24.3 Å². The van der Waals surface area contributed by atoms with Crippen molar-refractivity contribution in [3.8, 4) is 0 Å². The Morgan fingerprint density at radius 1 is 1.29 bits per heavy atom. The molecule has 0 bridgehead atoms. The SMILES string of the molecule is Nc1cc(Br)c(F)c(S(=O)(=O)NCC(C2CC2)C2CC2)c1. The maximum atomic E-state index is 14.0. The molecule has 1 aromatic carbocycles. The fraction of sp³-hybridized carbons (Fsp3) is 0.571. The molecule has 0 saturated heterocycles. The number of hydrogen-bond donors (Lipinski definition) is 2. The second-order valence-electron chi connectivity index (χ2n) is 6.01. The van der Waals surface area contributed by atoms with Crippen molar-refractivity contribution in [3.63, 3.8) is 0 Å². The summed E-state index contributed by atoms with van der Waals surface area (Å²) in [6.45, 7) is 0.392. The molecule has 0 aliphatic heterocycles. The third kappa shape index (κ3) is 3.40. The van der Waals surface area contributed by atoms with Crippen molar-refractivity contribution < 1.29 is 12.8 Å². The van der Waals surface area contributed by atoms with Crippen molar-refractivity contribution in [2.75, 3.05) is 12.3 Å². The summed E-state index contributed by atoms with van der Waals surface area (Å²) in [5, 5.41) is 0. The average molecular weight is 377 g/mol. The molecule has 0 radical (unpaired) electrons. The van der Waals surface area contributed by atoms with E-state index in [-0.39, 0.29) is 15.1 Å². The molecule has 0 amide bonds. The normalized spacial score (nSPS) is 19.2. The van der Waals surface area contributed by atoms with Gasteiger partial charge in [-0.2, -0.15) is 0 Å². The highest BCUT2D eigenvalue weighted by atomic mass is 79.9. The zero-order chi connectivity index (χ0) is 15.2. The van der Waals surface area contributed by atoms with Crippen LogP contribution in [0.2, 0.25) is 0 Å². The number of sulfonamides is 1. The summed E-state index contributed by atoms with van der Waals surface area (Å²) in [7, 11) is -3.88. The van der Waals surface area contributed by atoms with Gasteiger partial charge < -0.3 is 5.73 Å². The Bertz CT molecular complexity index is 645. The first-order valence-corrected chi connectivity index (χ1v) is 9.40. The van der Waals surface area contributed by atoms with Crippen LogP contribution in [0.15, 0.2) is 21.5 Å². The number of nitrogens with two attached hydrogens (primary N) is 1. The number of nitrogen functional groups attached to an aromatic ring is 1. The van der Waals surface area contributed by atoms with Gasteiger partial charge in [-0.05, 0) is 71.5 Å². The van der Waals surface area contributed by atoms with Gasteiger partial charge in [0.25, 0.3) is 0 Å². The van der Waals surface area contributed by atoms with E-state index in [1.54, 1.807) is 0 Å². The molecule has 2 aliphatic carbocycles. The topological polar surface area (TPSA) is 72.2 Å². The van der Waals surface area contributed by atoms with E-state index in [4.69, 9.17) is 5.73 Å². The predicted octanol–water partition coefficient (Wildman–Crippen LogP) is 2.88. The maximum Gasteiger partial charge on any atom is 0.243 e. The van der Waals surface area contributed by atoms with Gasteiger partial charge in [-0.15, -0.1) is 0 Å². The lowest BCUT2D eigenvalue weighted by Gasteiger charge is -2.17. The number of rotatable bonds is 6. The third-order valence-corrected chi connectivity index (χ3v) is 6.27. The van der Waals surface area contributed by atoms with Crippen molar-refractivity contribution in [1.29, 1.82) is 0 Å². The molecule has 2 aliphatic rings. The van der Waals surface area contributed by atoms with Crippen molar-refractivity contribution in [3.05, 3.63) is 22.4 Å². The Morgan fingerprint density at radius 2 is 1.86 bits per heavy atom. The summed E-state index contributed by atoms with van der Waals surface area (Å²) in [6, 6.07) is 2.51. The van der Waals surface area contributed by atoms with E-state index >= 15 is 0 Å². The molecule has 2 fully saturated rings. The Labute approximate surface area is 132 Å². The van der Waals surface area contributed by atoms with E-state index in [0.717, 1.165) is 6.07 Å². The quantitative estimate of drug-likeness (QED) is 0.749. The van der Waals surface area contributed by atoms with Crippen LogP contribution in [0, 0.1) is 23.6 Å². The molecule has 3 rings (SSSR count). The van der Waals surface area contributed by atoms with Gasteiger partial charge in [0.15, 0.2) is 5.82 Å². The Kier molecular flexibility index (Phi) is 4.00. The van der Waals surface area contributed by atoms with Gasteiger partial charge in [-0.3, -0.25) is 0 Å². The summed E-state index contributed by atoms with van der Waals surface area (Å²) in [6.07, 6.45) is 4.73. The molecule has 3 N–H and O–H groups in total. The van der Waals surface area contributed by atoms with Crippen molar-refractivity contribution in [1.82, 2.24) is 4.72 Å². The zero-order valence-corrected chi connectivity index (χ0v) is 13.9. The first-order valence-electron chi connectivity index (χ1n) is 7.12. The first-order chi connectivity index (χ1) is 9.88. The van der Waals surface area contributed by atoms with Gasteiger partial charge in [0.1, 0.15) is 4.90 Å². The Hall–Kier alpha value is -0.660. The highest BCUT2D eigenvalue weighted by molar-refractivity contribution is 9.10. The second-order valence-corrected chi connectivity index (χ2v) is 8.60. The van der Waals surface area contributed by atoms with Crippen LogP contribution in [0.4, 0.5) is 10.1 Å². The summed E-state index contributed by atoms with van der Waals surface area (Å²) in [5.74, 6) is 0.869. The van der Waals surface area contributed by atoms with Crippen LogP contribution in [-0.2, 0) is 10.0 Å². The van der Waals surface area contributed by atoms with Crippen LogP contribution < -0.4 is 10.5 Å². The fourth-order valence-electron chi connectivity index (χ4n) is 2.83. The summed E-state index contributed by atoms with van der Waals surface area (Å²) >= 11 is 2.99. The predicted molar refractivity (Wildman–Crippen MR) is 82.6 cm³/mol. The minimum atomic E-state index is -3.88. The molecule has 0 atom stereocenters. The molecule has 2 saturated carbocycles. The molecule has 7 heteroatoms. The van der Waals surface area contributed by atoms with Crippen LogP contribution in [0.5, 0.6) is 0 Å². The number of halogens is 2. The van der Waals surface area contributed by atoms with Gasteiger partial charge >= 0.3 is 0 Å². The van der Waals surface area contributed by atoms with E-state index in [1.807, 2.05) is 0 Å². The van der Waals surface area contributed by atoms with E-state index in [9.17, 15) is 12.8 Å². The van der Waals surface area contributed by atoms with E-state index < -0.39 is 15.8 Å². The van der Waals surface area contributed by atoms with Crippen molar-refractivity contribution in [2.24, 2.45) is 17.8 Å². The zero-order valence-electron chi connectivity index (χ0n) is 11.5. The lowest BCUT2D eigenvalue weighted by Crippen LogP contribution is -2.31. The van der Waals surface area contributed by atoms with Gasteiger partial charge in [0.2, 0.25) is 10.0 Å². The van der Waals surface area contributed by atoms with Crippen LogP contribution >= 0.6 is 15.9 Å². The van der Waals surface area contributed by atoms with Crippen LogP contribution in [0.25, 0.3) is 0 Å². The smallest absolute Gasteiger partial charge is 0.243 e. The molecule has 116 valence electrons. The number of benzene rings is 1. The monoisotopic (exact) mass is 376 g/mol. The molecule has 0 unspecified atom stereocenters. The van der Waals surface area contributed by atoms with E-state index in [1.165, 1.54) is 31.7 Å². The standard InChI is InChI=1S/C14H18BrFN2O2S/c15-12-5-10(17)6-13(14(12)16)21(19,20)18-7-11(8-1-2-8)9-3-4-9/h5-6,8-9,11,18H,1-4,7,17H2. The minimum absolute atomic E-state index is 0.0591. The summed E-state index contributed by atoms with van der Waals surface area (Å²) in [4.78, 5) is -0.389. The fourth-order valence-corrected chi connectivity index (χ4v) is 4.64. The highest BCUT2D eigenvalue weighted by Crippen LogP contribution is 2.48. The lowest BCUT2D eigenvalue weighted by molar-refractivity contribution is 0.401. The Balaban J connectivity index is 1.77. The van der Waals surface area contributed by atoms with Crippen LogP contribution in [0.3, 0.4) is 0 Å². The molecule has 0 aromatic heterocycles. The van der Waals surface area contributed by atoms with E-state index in [2.05, 4.69) is 20.7 Å². The Morgan fingerprint density at radius 3 is 2.38 bits per heavy atom. The molecule has 21 heavy (non-hydrogen) atoms. The number of nitrogens with one attached hydrogen (secondary N) is 1. The van der Waals surface area contributed by atoms with Crippen LogP contribution in [-0.4, -0.2) is 15.0 Å². The number of anilines is 1. The summed E-state index contributed by atoms with van der Waals surface area (Å²) in [5.41, 5.74) is 5.82. The minimum Gasteiger partial charge on any atom is -0.399 e. The lowest BCUT2D eigenvalue weighted by atomic mass is 9.99. The van der Waals surface area contributed by atoms with Crippen molar-refractivity contribution in [2.45, 2.75) is 30.6 Å². The number of hydrogen-bond acceptors (Lipinski definition) is 3. The summed E-state index contributed by atoms with van der Waals surface area (Å²) < 4.78 is 41.3. The van der Waals surface area contributed by atoms with Gasteiger partial charge in [-0.25, -0.2) is 17.5 Å². The second kappa shape index (κ2) is 5.52. The largest absolute Gasteiger partial charge is 0.399 e. The van der Waals surface area contributed by atoms with Gasteiger partial charge in [0.05, 0.1) is 4.47 Å². The van der Waals surface area contributed by atoms with Crippen LogP contribution in [0.1, 0.15) is 25.7 Å². The highest BCUT2D eigenvalue weighted by Gasteiger charge is 2.41. The third-order valence-electron chi connectivity index (χ3n) is 4.27. The maximum absolute atomic E-state index is 14.0. The van der Waals surface area contributed by atoms with Gasteiger partial charge in [-0.1, -0.05) is 0 Å². The van der Waals surface area contributed by atoms with Gasteiger partial charge in [0, 0.05) is 12.2 Å². The molecule has 1 aromatic rings. The average Bonchev–Trinajstić information content (AvgIpc) is 3.25. The molecular weight excluding hydrogens is 359 g/mol. The molecule has 0 heterocycles. The molecular formula is C14H18BrFN2O2S. The van der Waals surface area contributed by atoms with Crippen molar-refractivity contribution >= 4 is 31.6 Å².